The third-order valence-electron chi connectivity index (χ3n) is 2.82. The molecule has 0 spiro atoms. The number of rotatable bonds is 3. The lowest BCUT2D eigenvalue weighted by Crippen LogP contribution is -2.10. The number of nitriles is 1. The Balaban J connectivity index is 2.28. The summed E-state index contributed by atoms with van der Waals surface area (Å²) in [6.45, 7) is 1.62. The number of nitrogens with zero attached hydrogens (tertiary/aromatic N) is 1. The predicted molar refractivity (Wildman–Crippen MR) is 69.5 cm³/mol. The van der Waals surface area contributed by atoms with Gasteiger partial charge in [0, 0.05) is 0 Å². The van der Waals surface area contributed by atoms with Gasteiger partial charge in [0.15, 0.2) is 0 Å². The molecule has 1 atom stereocenters. The van der Waals surface area contributed by atoms with E-state index in [2.05, 4.69) is 5.32 Å². The molecule has 0 fully saturated rings. The van der Waals surface area contributed by atoms with Crippen LogP contribution in [0.2, 0.25) is 0 Å². The number of hydrogen-bond donors (Lipinski definition) is 1. The smallest absolute Gasteiger partial charge is 0.146 e. The molecule has 96 valence electrons. The van der Waals surface area contributed by atoms with Crippen LogP contribution < -0.4 is 5.32 Å². The minimum absolute atomic E-state index is 0.246. The summed E-state index contributed by atoms with van der Waals surface area (Å²) >= 11 is 0. The van der Waals surface area contributed by atoms with E-state index in [0.29, 0.717) is 11.1 Å². The number of aryl methyl sites for hydroxylation is 1. The lowest BCUT2D eigenvalue weighted by atomic mass is 10.0. The Morgan fingerprint density at radius 1 is 1.11 bits per heavy atom. The minimum atomic E-state index is -0.726. The highest BCUT2D eigenvalue weighted by Crippen LogP contribution is 2.22. The highest BCUT2D eigenvalue weighted by atomic mass is 19.1. The van der Waals surface area contributed by atoms with Crippen molar-refractivity contribution < 1.29 is 8.78 Å². The van der Waals surface area contributed by atoms with Crippen LogP contribution in [0.25, 0.3) is 0 Å². The molecule has 0 aliphatic carbocycles. The molecule has 0 heterocycles. The Kier molecular flexibility index (Phi) is 3.76. The van der Waals surface area contributed by atoms with Crippen molar-refractivity contribution in [3.8, 4) is 6.07 Å². The van der Waals surface area contributed by atoms with Gasteiger partial charge in [-0.2, -0.15) is 5.26 Å². The van der Waals surface area contributed by atoms with Gasteiger partial charge in [0.1, 0.15) is 17.7 Å². The Morgan fingerprint density at radius 2 is 1.84 bits per heavy atom. The van der Waals surface area contributed by atoms with Gasteiger partial charge in [-0.1, -0.05) is 24.3 Å². The zero-order valence-electron chi connectivity index (χ0n) is 10.3. The molecule has 0 aromatic heterocycles. The fourth-order valence-electron chi connectivity index (χ4n) is 1.77. The quantitative estimate of drug-likeness (QED) is 0.904. The SMILES string of the molecule is Cc1cc(C(C#N)Nc2ccccc2F)ccc1F. The molecule has 2 nitrogen and oxygen atoms in total. The molecule has 2 rings (SSSR count). The first-order chi connectivity index (χ1) is 9.11. The zero-order valence-corrected chi connectivity index (χ0v) is 10.3. The van der Waals surface area contributed by atoms with E-state index in [4.69, 9.17) is 5.26 Å². The third kappa shape index (κ3) is 2.89. The average Bonchev–Trinajstić information content (AvgIpc) is 2.41. The molecular formula is C15H12F2N2. The second kappa shape index (κ2) is 5.49. The van der Waals surface area contributed by atoms with Gasteiger partial charge in [0.05, 0.1) is 11.8 Å². The fraction of sp³-hybridized carbons (Fsp3) is 0.133. The number of hydrogen-bond acceptors (Lipinski definition) is 2. The van der Waals surface area contributed by atoms with E-state index in [1.165, 1.54) is 18.2 Å². The van der Waals surface area contributed by atoms with Gasteiger partial charge in [-0.3, -0.25) is 0 Å². The summed E-state index contributed by atoms with van der Waals surface area (Å²) in [7, 11) is 0. The summed E-state index contributed by atoms with van der Waals surface area (Å²) in [5.41, 5.74) is 1.30. The second-order valence-corrected chi connectivity index (χ2v) is 4.19. The molecule has 0 amide bonds. The summed E-state index contributed by atoms with van der Waals surface area (Å²) in [6, 6.07) is 11.8. The van der Waals surface area contributed by atoms with Crippen molar-refractivity contribution in [3.63, 3.8) is 0 Å². The van der Waals surface area contributed by atoms with E-state index in [0.717, 1.165) is 0 Å². The van der Waals surface area contributed by atoms with Gasteiger partial charge in [0.25, 0.3) is 0 Å². The summed E-state index contributed by atoms with van der Waals surface area (Å²) in [5.74, 6) is -0.757. The molecule has 0 aliphatic rings. The Morgan fingerprint density at radius 3 is 2.47 bits per heavy atom. The van der Waals surface area contributed by atoms with Gasteiger partial charge in [-0.25, -0.2) is 8.78 Å². The van der Waals surface area contributed by atoms with Gasteiger partial charge < -0.3 is 5.32 Å². The maximum absolute atomic E-state index is 13.5. The summed E-state index contributed by atoms with van der Waals surface area (Å²) in [6.07, 6.45) is 0. The highest BCUT2D eigenvalue weighted by Gasteiger charge is 2.13. The van der Waals surface area contributed by atoms with Crippen molar-refractivity contribution in [2.45, 2.75) is 13.0 Å². The largest absolute Gasteiger partial charge is 0.364 e. The van der Waals surface area contributed by atoms with Crippen molar-refractivity contribution in [2.24, 2.45) is 0 Å². The molecule has 19 heavy (non-hydrogen) atoms. The third-order valence-corrected chi connectivity index (χ3v) is 2.82. The molecule has 2 aromatic carbocycles. The van der Waals surface area contributed by atoms with Crippen molar-refractivity contribution in [2.75, 3.05) is 5.32 Å². The Bertz CT molecular complexity index is 632. The molecule has 0 radical (unpaired) electrons. The van der Waals surface area contributed by atoms with Gasteiger partial charge >= 0.3 is 0 Å². The molecule has 4 heteroatoms. The number of benzene rings is 2. The summed E-state index contributed by atoms with van der Waals surface area (Å²) in [4.78, 5) is 0. The van der Waals surface area contributed by atoms with Crippen molar-refractivity contribution in [3.05, 3.63) is 65.2 Å². The highest BCUT2D eigenvalue weighted by molar-refractivity contribution is 5.48. The van der Waals surface area contributed by atoms with E-state index in [1.54, 1.807) is 31.2 Å². The predicted octanol–water partition coefficient (Wildman–Crippen LogP) is 3.95. The van der Waals surface area contributed by atoms with Crippen LogP contribution in [0.1, 0.15) is 17.2 Å². The normalized spacial score (nSPS) is 11.7. The van der Waals surface area contributed by atoms with Crippen LogP contribution >= 0.6 is 0 Å². The number of anilines is 1. The first-order valence-corrected chi connectivity index (χ1v) is 5.78. The van der Waals surface area contributed by atoms with Crippen LogP contribution in [0.3, 0.4) is 0 Å². The lowest BCUT2D eigenvalue weighted by Gasteiger charge is -2.14. The van der Waals surface area contributed by atoms with Crippen LogP contribution in [0.4, 0.5) is 14.5 Å². The van der Waals surface area contributed by atoms with E-state index >= 15 is 0 Å². The molecule has 0 aliphatic heterocycles. The van der Waals surface area contributed by atoms with Gasteiger partial charge in [0.2, 0.25) is 0 Å². The first-order valence-electron chi connectivity index (χ1n) is 5.78. The minimum Gasteiger partial charge on any atom is -0.364 e. The monoisotopic (exact) mass is 258 g/mol. The van der Waals surface area contributed by atoms with Gasteiger partial charge in [-0.05, 0) is 36.2 Å². The van der Waals surface area contributed by atoms with Crippen LogP contribution in [-0.2, 0) is 0 Å². The van der Waals surface area contributed by atoms with Crippen molar-refractivity contribution >= 4 is 5.69 Å². The Hall–Kier alpha value is -2.41. The van der Waals surface area contributed by atoms with E-state index in [9.17, 15) is 8.78 Å². The fourth-order valence-corrected chi connectivity index (χ4v) is 1.77. The van der Waals surface area contributed by atoms with E-state index in [1.807, 2.05) is 6.07 Å². The molecule has 1 N–H and O–H groups in total. The molecule has 2 aromatic rings. The summed E-state index contributed by atoms with van der Waals surface area (Å²) in [5, 5.41) is 12.0. The van der Waals surface area contributed by atoms with Crippen LogP contribution in [0.15, 0.2) is 42.5 Å². The Labute approximate surface area is 110 Å². The molecule has 0 saturated heterocycles. The maximum Gasteiger partial charge on any atom is 0.146 e. The lowest BCUT2D eigenvalue weighted by molar-refractivity contribution is 0.617. The molecule has 0 bridgehead atoms. The number of para-hydroxylation sites is 1. The maximum atomic E-state index is 13.5. The number of nitrogens with one attached hydrogen (secondary N) is 1. The van der Waals surface area contributed by atoms with E-state index in [-0.39, 0.29) is 11.5 Å². The summed E-state index contributed by atoms with van der Waals surface area (Å²) < 4.78 is 26.7. The first kappa shape index (κ1) is 13.0. The van der Waals surface area contributed by atoms with Crippen molar-refractivity contribution in [1.29, 1.82) is 5.26 Å². The average molecular weight is 258 g/mol. The van der Waals surface area contributed by atoms with Crippen molar-refractivity contribution in [1.82, 2.24) is 0 Å². The second-order valence-electron chi connectivity index (χ2n) is 4.19. The van der Waals surface area contributed by atoms with Crippen LogP contribution in [0, 0.1) is 29.9 Å². The molecular weight excluding hydrogens is 246 g/mol. The standard InChI is InChI=1S/C15H12F2N2/c1-10-8-11(6-7-12(10)16)15(9-18)19-14-5-3-2-4-13(14)17/h2-8,15,19H,1H3. The topological polar surface area (TPSA) is 35.8 Å². The van der Waals surface area contributed by atoms with Gasteiger partial charge in [-0.15, -0.1) is 0 Å². The zero-order chi connectivity index (χ0) is 13.8. The van der Waals surface area contributed by atoms with E-state index < -0.39 is 11.9 Å². The number of halogens is 2. The van der Waals surface area contributed by atoms with Crippen LogP contribution in [0.5, 0.6) is 0 Å². The molecule has 0 saturated carbocycles. The molecule has 1 unspecified atom stereocenters. The van der Waals surface area contributed by atoms with Crippen LogP contribution in [-0.4, -0.2) is 0 Å².